The molecule has 88 valence electrons. The van der Waals surface area contributed by atoms with Crippen LogP contribution < -0.4 is 0 Å². The van der Waals surface area contributed by atoms with E-state index in [2.05, 4.69) is 40.2 Å². The van der Waals surface area contributed by atoms with Gasteiger partial charge in [0.2, 0.25) is 0 Å². The van der Waals surface area contributed by atoms with E-state index >= 15 is 0 Å². The van der Waals surface area contributed by atoms with E-state index in [1.807, 2.05) is 0 Å². The van der Waals surface area contributed by atoms with E-state index in [0.29, 0.717) is 0 Å². The fourth-order valence-corrected chi connectivity index (χ4v) is 2.07. The normalized spacial score (nSPS) is 20.9. The summed E-state index contributed by atoms with van der Waals surface area (Å²) >= 11 is 3.42. The molecule has 1 atom stereocenters. The van der Waals surface area contributed by atoms with Crippen molar-refractivity contribution < 1.29 is 9.47 Å². The van der Waals surface area contributed by atoms with Crippen LogP contribution in [0.3, 0.4) is 0 Å². The Morgan fingerprint density at radius 2 is 2.06 bits per heavy atom. The first kappa shape index (κ1) is 12.1. The molecule has 0 saturated carbocycles. The van der Waals surface area contributed by atoms with Crippen molar-refractivity contribution in [1.82, 2.24) is 0 Å². The number of halogens is 1. The Kier molecular flexibility index (Phi) is 4.82. The number of hydrogen-bond acceptors (Lipinski definition) is 2. The molecule has 1 fully saturated rings. The second-order valence-corrected chi connectivity index (χ2v) is 4.96. The van der Waals surface area contributed by atoms with Gasteiger partial charge in [-0.05, 0) is 43.4 Å². The lowest BCUT2D eigenvalue weighted by Crippen LogP contribution is -2.23. The van der Waals surface area contributed by atoms with Crippen molar-refractivity contribution in [2.24, 2.45) is 0 Å². The molecule has 2 nitrogen and oxygen atoms in total. The van der Waals surface area contributed by atoms with Crippen molar-refractivity contribution in [1.29, 1.82) is 0 Å². The molecular weight excluding hydrogens is 268 g/mol. The number of hydrogen-bond donors (Lipinski definition) is 0. The molecule has 1 saturated heterocycles. The Balaban J connectivity index is 1.69. The first-order chi connectivity index (χ1) is 7.84. The van der Waals surface area contributed by atoms with Gasteiger partial charge in [-0.15, -0.1) is 0 Å². The maximum absolute atomic E-state index is 5.68. The molecule has 1 heterocycles. The minimum absolute atomic E-state index is 0.0317. The molecule has 0 N–H and O–H groups in total. The van der Waals surface area contributed by atoms with E-state index in [1.54, 1.807) is 0 Å². The van der Waals surface area contributed by atoms with Crippen LogP contribution in [0.5, 0.6) is 0 Å². The quantitative estimate of drug-likeness (QED) is 0.842. The van der Waals surface area contributed by atoms with Crippen molar-refractivity contribution in [3.63, 3.8) is 0 Å². The summed E-state index contributed by atoms with van der Waals surface area (Å²) in [4.78, 5) is 0. The molecule has 1 aromatic rings. The van der Waals surface area contributed by atoms with Crippen LogP contribution >= 0.6 is 15.9 Å². The van der Waals surface area contributed by atoms with E-state index in [1.165, 1.54) is 18.4 Å². The maximum atomic E-state index is 5.68. The molecule has 0 spiro atoms. The molecule has 0 radical (unpaired) electrons. The van der Waals surface area contributed by atoms with Crippen molar-refractivity contribution in [3.05, 3.63) is 34.3 Å². The van der Waals surface area contributed by atoms with Crippen LogP contribution in [0, 0.1) is 0 Å². The average Bonchev–Trinajstić information content (AvgIpc) is 2.33. The highest BCUT2D eigenvalue weighted by Gasteiger charge is 2.13. The molecule has 1 aromatic carbocycles. The van der Waals surface area contributed by atoms with Crippen LogP contribution in [0.15, 0.2) is 28.7 Å². The van der Waals surface area contributed by atoms with E-state index in [0.717, 1.165) is 30.5 Å². The lowest BCUT2D eigenvalue weighted by molar-refractivity contribution is -0.161. The molecule has 0 bridgehead atoms. The third-order valence-electron chi connectivity index (χ3n) is 2.75. The van der Waals surface area contributed by atoms with Gasteiger partial charge < -0.3 is 9.47 Å². The van der Waals surface area contributed by atoms with Crippen LogP contribution in [-0.4, -0.2) is 19.5 Å². The summed E-state index contributed by atoms with van der Waals surface area (Å²) in [5, 5.41) is 0. The summed E-state index contributed by atoms with van der Waals surface area (Å²) in [6, 6.07) is 8.36. The second kappa shape index (κ2) is 6.38. The molecule has 3 heteroatoms. The first-order valence-electron chi connectivity index (χ1n) is 5.82. The van der Waals surface area contributed by atoms with Gasteiger partial charge in [0.1, 0.15) is 0 Å². The standard InChI is InChI=1S/C13H17BrO2/c14-12-6-4-11(5-7-12)8-10-16-13-3-1-2-9-15-13/h4-7,13H,1-3,8-10H2/t13-/m1/s1. The lowest BCUT2D eigenvalue weighted by Gasteiger charge is -2.22. The fourth-order valence-electron chi connectivity index (χ4n) is 1.80. The highest BCUT2D eigenvalue weighted by Crippen LogP contribution is 2.15. The van der Waals surface area contributed by atoms with Gasteiger partial charge in [0.25, 0.3) is 0 Å². The van der Waals surface area contributed by atoms with Gasteiger partial charge in [0.05, 0.1) is 6.61 Å². The molecule has 2 rings (SSSR count). The Labute approximate surface area is 105 Å². The summed E-state index contributed by atoms with van der Waals surface area (Å²) in [5.41, 5.74) is 1.30. The van der Waals surface area contributed by atoms with Gasteiger partial charge in [0.15, 0.2) is 6.29 Å². The molecule has 16 heavy (non-hydrogen) atoms. The van der Waals surface area contributed by atoms with E-state index < -0.39 is 0 Å². The molecule has 0 aliphatic carbocycles. The molecule has 1 aliphatic rings. The summed E-state index contributed by atoms with van der Waals surface area (Å²) in [5.74, 6) is 0. The summed E-state index contributed by atoms with van der Waals surface area (Å²) in [6.07, 6.45) is 4.42. The zero-order chi connectivity index (χ0) is 11.2. The van der Waals surface area contributed by atoms with Crippen molar-refractivity contribution in [3.8, 4) is 0 Å². The molecule has 1 aliphatic heterocycles. The number of rotatable bonds is 4. The third kappa shape index (κ3) is 3.89. The predicted molar refractivity (Wildman–Crippen MR) is 67.4 cm³/mol. The predicted octanol–water partition coefficient (Wildman–Crippen LogP) is 3.53. The second-order valence-electron chi connectivity index (χ2n) is 4.04. The largest absolute Gasteiger partial charge is 0.353 e. The van der Waals surface area contributed by atoms with Gasteiger partial charge in [-0.1, -0.05) is 28.1 Å². The number of benzene rings is 1. The molecule has 0 unspecified atom stereocenters. The molecular formula is C13H17BrO2. The Morgan fingerprint density at radius 3 is 2.75 bits per heavy atom. The van der Waals surface area contributed by atoms with Crippen LogP contribution in [0.2, 0.25) is 0 Å². The Bertz CT molecular complexity index is 304. The summed E-state index contributed by atoms with van der Waals surface area (Å²) < 4.78 is 12.3. The fraction of sp³-hybridized carbons (Fsp3) is 0.538. The van der Waals surface area contributed by atoms with Crippen molar-refractivity contribution in [2.45, 2.75) is 32.0 Å². The minimum Gasteiger partial charge on any atom is -0.353 e. The van der Waals surface area contributed by atoms with E-state index in [4.69, 9.17) is 9.47 Å². The van der Waals surface area contributed by atoms with Crippen LogP contribution in [0.25, 0.3) is 0 Å². The molecule has 0 aromatic heterocycles. The average molecular weight is 285 g/mol. The van der Waals surface area contributed by atoms with Gasteiger partial charge >= 0.3 is 0 Å². The number of ether oxygens (including phenoxy) is 2. The van der Waals surface area contributed by atoms with Crippen molar-refractivity contribution in [2.75, 3.05) is 13.2 Å². The highest BCUT2D eigenvalue weighted by atomic mass is 79.9. The Hall–Kier alpha value is -0.380. The van der Waals surface area contributed by atoms with Gasteiger partial charge in [-0.2, -0.15) is 0 Å². The highest BCUT2D eigenvalue weighted by molar-refractivity contribution is 9.10. The SMILES string of the molecule is Brc1ccc(CCO[C@@H]2CCCCO2)cc1. The summed E-state index contributed by atoms with van der Waals surface area (Å²) in [6.45, 7) is 1.59. The maximum Gasteiger partial charge on any atom is 0.157 e. The lowest BCUT2D eigenvalue weighted by atomic mass is 10.2. The van der Waals surface area contributed by atoms with Gasteiger partial charge in [-0.3, -0.25) is 0 Å². The minimum atomic E-state index is 0.0317. The van der Waals surface area contributed by atoms with E-state index in [-0.39, 0.29) is 6.29 Å². The Morgan fingerprint density at radius 1 is 1.25 bits per heavy atom. The van der Waals surface area contributed by atoms with Crippen molar-refractivity contribution >= 4 is 15.9 Å². The zero-order valence-corrected chi connectivity index (χ0v) is 10.9. The zero-order valence-electron chi connectivity index (χ0n) is 9.32. The van der Waals surface area contributed by atoms with Gasteiger partial charge in [0, 0.05) is 11.1 Å². The van der Waals surface area contributed by atoms with E-state index in [9.17, 15) is 0 Å². The third-order valence-corrected chi connectivity index (χ3v) is 3.27. The topological polar surface area (TPSA) is 18.5 Å². The van der Waals surface area contributed by atoms with Gasteiger partial charge in [-0.25, -0.2) is 0 Å². The van der Waals surface area contributed by atoms with Crippen LogP contribution in [0.4, 0.5) is 0 Å². The van der Waals surface area contributed by atoms with Crippen LogP contribution in [0.1, 0.15) is 24.8 Å². The smallest absolute Gasteiger partial charge is 0.157 e. The first-order valence-corrected chi connectivity index (χ1v) is 6.61. The van der Waals surface area contributed by atoms with Crippen LogP contribution in [-0.2, 0) is 15.9 Å². The summed E-state index contributed by atoms with van der Waals surface area (Å²) in [7, 11) is 0. The molecule has 0 amide bonds. The monoisotopic (exact) mass is 284 g/mol.